The summed E-state index contributed by atoms with van der Waals surface area (Å²) >= 11 is 4.85. The number of nitrogens with one attached hydrogen (secondary N) is 1. The Balaban J connectivity index is 2.82. The first-order valence-corrected chi connectivity index (χ1v) is 3.67. The second-order valence-corrected chi connectivity index (χ2v) is 3.55. The smallest absolute Gasteiger partial charge is 0.0468 e. The van der Waals surface area contributed by atoms with E-state index in [0.29, 0.717) is 0 Å². The summed E-state index contributed by atoms with van der Waals surface area (Å²) in [5.41, 5.74) is 0. The topological polar surface area (TPSA) is 12.0 Å². The summed E-state index contributed by atoms with van der Waals surface area (Å²) in [6, 6.07) is 0. The Labute approximate surface area is 56.7 Å². The van der Waals surface area contributed by atoms with Crippen LogP contribution in [-0.4, -0.2) is 12.9 Å². The Morgan fingerprint density at radius 3 is 2.71 bits per heavy atom. The van der Waals surface area contributed by atoms with E-state index >= 15 is 0 Å². The number of halogens is 1. The summed E-state index contributed by atoms with van der Waals surface area (Å²) in [7, 11) is 1.91. The lowest BCUT2D eigenvalue weighted by atomic mass is 11.2. The first kappa shape index (κ1) is 7.53. The van der Waals surface area contributed by atoms with Gasteiger partial charge in [0.05, 0.1) is 0 Å². The Morgan fingerprint density at radius 2 is 2.57 bits per heavy atom. The second-order valence-electron chi connectivity index (χ2n) is 0.997. The molecule has 0 saturated carbocycles. The van der Waals surface area contributed by atoms with Crippen molar-refractivity contribution in [3.8, 4) is 0 Å². The van der Waals surface area contributed by atoms with E-state index in [2.05, 4.69) is 27.8 Å². The second kappa shape index (κ2) is 4.68. The first-order valence-electron chi connectivity index (χ1n) is 1.89. The van der Waals surface area contributed by atoms with Crippen molar-refractivity contribution in [3.05, 3.63) is 10.4 Å². The number of rotatable bonds is 3. The van der Waals surface area contributed by atoms with Gasteiger partial charge in [-0.05, 0) is 23.0 Å². The number of hydrogen-bond acceptors (Lipinski definition) is 2. The molecule has 0 aromatic rings. The fourth-order valence-electron chi connectivity index (χ4n) is 0.150. The SMILES string of the molecule is C=C(Br)SCNC. The molecule has 0 aliphatic rings. The third kappa shape index (κ3) is 6.53. The maximum absolute atomic E-state index is 3.63. The Morgan fingerprint density at radius 1 is 2.00 bits per heavy atom. The molecular weight excluding hydrogens is 174 g/mol. The highest BCUT2D eigenvalue weighted by Crippen LogP contribution is 2.16. The van der Waals surface area contributed by atoms with Crippen molar-refractivity contribution in [2.75, 3.05) is 12.9 Å². The van der Waals surface area contributed by atoms with Gasteiger partial charge in [-0.1, -0.05) is 6.58 Å². The average Bonchev–Trinajstić information content (AvgIpc) is 1.61. The predicted molar refractivity (Wildman–Crippen MR) is 39.6 cm³/mol. The van der Waals surface area contributed by atoms with Crippen LogP contribution in [0.2, 0.25) is 0 Å². The molecule has 0 saturated heterocycles. The summed E-state index contributed by atoms with van der Waals surface area (Å²) in [4.78, 5) is 0. The van der Waals surface area contributed by atoms with E-state index in [9.17, 15) is 0 Å². The molecule has 1 nitrogen and oxygen atoms in total. The van der Waals surface area contributed by atoms with Crippen molar-refractivity contribution in [1.29, 1.82) is 0 Å². The van der Waals surface area contributed by atoms with Gasteiger partial charge in [0.25, 0.3) is 0 Å². The van der Waals surface area contributed by atoms with Crippen LogP contribution in [0.5, 0.6) is 0 Å². The average molecular weight is 182 g/mol. The van der Waals surface area contributed by atoms with E-state index in [1.165, 1.54) is 0 Å². The lowest BCUT2D eigenvalue weighted by molar-refractivity contribution is 0.985. The summed E-state index contributed by atoms with van der Waals surface area (Å²) in [6.45, 7) is 3.63. The molecule has 3 heteroatoms. The molecule has 0 radical (unpaired) electrons. The van der Waals surface area contributed by atoms with Gasteiger partial charge >= 0.3 is 0 Å². The van der Waals surface area contributed by atoms with Gasteiger partial charge in [-0.15, -0.1) is 11.8 Å². The zero-order valence-electron chi connectivity index (χ0n) is 4.20. The molecule has 0 aliphatic heterocycles. The van der Waals surface area contributed by atoms with Crippen molar-refractivity contribution in [3.63, 3.8) is 0 Å². The molecular formula is C4H8BrNS. The van der Waals surface area contributed by atoms with E-state index in [1.54, 1.807) is 11.8 Å². The summed E-state index contributed by atoms with van der Waals surface area (Å²) < 4.78 is 0.974. The summed E-state index contributed by atoms with van der Waals surface area (Å²) in [6.07, 6.45) is 0. The summed E-state index contributed by atoms with van der Waals surface area (Å²) in [5.74, 6) is 0.921. The van der Waals surface area contributed by atoms with E-state index in [1.807, 2.05) is 7.05 Å². The highest BCUT2D eigenvalue weighted by Gasteiger charge is 1.82. The Bertz CT molecular complexity index is 64.7. The van der Waals surface area contributed by atoms with Crippen molar-refractivity contribution in [1.82, 2.24) is 5.32 Å². The van der Waals surface area contributed by atoms with Crippen molar-refractivity contribution >= 4 is 27.7 Å². The van der Waals surface area contributed by atoms with E-state index in [-0.39, 0.29) is 0 Å². The minimum absolute atomic E-state index is 0.921. The van der Waals surface area contributed by atoms with Crippen molar-refractivity contribution in [2.45, 2.75) is 0 Å². The van der Waals surface area contributed by atoms with Gasteiger partial charge in [0.1, 0.15) is 0 Å². The van der Waals surface area contributed by atoms with E-state index < -0.39 is 0 Å². The van der Waals surface area contributed by atoms with Gasteiger partial charge in [0.2, 0.25) is 0 Å². The van der Waals surface area contributed by atoms with Gasteiger partial charge < -0.3 is 5.32 Å². The monoisotopic (exact) mass is 181 g/mol. The highest BCUT2D eigenvalue weighted by molar-refractivity contribution is 9.14. The van der Waals surface area contributed by atoms with Crippen LogP contribution in [-0.2, 0) is 0 Å². The maximum atomic E-state index is 3.63. The van der Waals surface area contributed by atoms with Crippen molar-refractivity contribution < 1.29 is 0 Å². The maximum Gasteiger partial charge on any atom is 0.0468 e. The molecule has 0 rings (SSSR count). The van der Waals surface area contributed by atoms with Crippen LogP contribution in [0.25, 0.3) is 0 Å². The van der Waals surface area contributed by atoms with Gasteiger partial charge in [-0.25, -0.2) is 0 Å². The standard InChI is InChI=1S/C4H8BrNS/c1-4(5)7-3-6-2/h6H,1,3H2,2H3. The van der Waals surface area contributed by atoms with Gasteiger partial charge in [-0.2, -0.15) is 0 Å². The molecule has 0 spiro atoms. The fraction of sp³-hybridized carbons (Fsp3) is 0.500. The lowest BCUT2D eigenvalue weighted by Crippen LogP contribution is -2.02. The molecule has 7 heavy (non-hydrogen) atoms. The molecule has 0 heterocycles. The quantitative estimate of drug-likeness (QED) is 0.667. The molecule has 0 aromatic heterocycles. The Hall–Kier alpha value is 0.530. The molecule has 0 aromatic carbocycles. The molecule has 0 aliphatic carbocycles. The molecule has 0 amide bonds. The fourth-order valence-corrected chi connectivity index (χ4v) is 0.795. The third-order valence-corrected chi connectivity index (χ3v) is 1.81. The van der Waals surface area contributed by atoms with Crippen LogP contribution in [0.15, 0.2) is 10.4 Å². The van der Waals surface area contributed by atoms with Gasteiger partial charge in [0.15, 0.2) is 0 Å². The van der Waals surface area contributed by atoms with Crippen LogP contribution in [0, 0.1) is 0 Å². The number of hydrogen-bond donors (Lipinski definition) is 1. The summed E-state index contributed by atoms with van der Waals surface area (Å²) in [5, 5.41) is 2.97. The van der Waals surface area contributed by atoms with Gasteiger partial charge in [-0.3, -0.25) is 0 Å². The highest BCUT2D eigenvalue weighted by atomic mass is 79.9. The van der Waals surface area contributed by atoms with Crippen LogP contribution >= 0.6 is 27.7 Å². The van der Waals surface area contributed by atoms with Gasteiger partial charge in [0, 0.05) is 9.69 Å². The van der Waals surface area contributed by atoms with Crippen LogP contribution in [0.4, 0.5) is 0 Å². The predicted octanol–water partition coefficient (Wildman–Crippen LogP) is 1.76. The Kier molecular flexibility index (Phi) is 5.04. The molecule has 0 bridgehead atoms. The molecule has 1 N–H and O–H groups in total. The minimum atomic E-state index is 0.921. The zero-order valence-corrected chi connectivity index (χ0v) is 6.60. The van der Waals surface area contributed by atoms with Crippen LogP contribution < -0.4 is 5.32 Å². The molecule has 0 atom stereocenters. The largest absolute Gasteiger partial charge is 0.311 e. The third-order valence-electron chi connectivity index (χ3n) is 0.373. The molecule has 0 fully saturated rings. The zero-order chi connectivity index (χ0) is 5.70. The molecule has 0 unspecified atom stereocenters. The van der Waals surface area contributed by atoms with Crippen molar-refractivity contribution in [2.24, 2.45) is 0 Å². The van der Waals surface area contributed by atoms with E-state index in [0.717, 1.165) is 9.69 Å². The first-order chi connectivity index (χ1) is 3.27. The minimum Gasteiger partial charge on any atom is -0.311 e. The van der Waals surface area contributed by atoms with Crippen LogP contribution in [0.3, 0.4) is 0 Å². The lowest BCUT2D eigenvalue weighted by Gasteiger charge is -1.92. The number of thioether (sulfide) groups is 1. The van der Waals surface area contributed by atoms with E-state index in [4.69, 9.17) is 0 Å². The van der Waals surface area contributed by atoms with Crippen LogP contribution in [0.1, 0.15) is 0 Å². The molecule has 42 valence electrons. The normalized spacial score (nSPS) is 8.86.